The maximum Gasteiger partial charge on any atom is 0.306 e. The lowest BCUT2D eigenvalue weighted by Gasteiger charge is -2.19. The number of hydrogen-bond donors (Lipinski definition) is 5. The zero-order valence-corrected chi connectivity index (χ0v) is 23.8. The van der Waals surface area contributed by atoms with Crippen molar-refractivity contribution in [3.05, 3.63) is 40.6 Å². The van der Waals surface area contributed by atoms with E-state index in [1.807, 2.05) is 0 Å². The molecule has 0 spiro atoms. The maximum absolute atomic E-state index is 12.3. The van der Waals surface area contributed by atoms with E-state index in [2.05, 4.69) is 47.2 Å². The number of halogens is 1. The summed E-state index contributed by atoms with van der Waals surface area (Å²) in [5.41, 5.74) is 5.90. The van der Waals surface area contributed by atoms with Crippen molar-refractivity contribution in [1.29, 1.82) is 0 Å². The zero-order chi connectivity index (χ0) is 29.3. The van der Waals surface area contributed by atoms with Crippen LogP contribution in [0.3, 0.4) is 0 Å². The number of rotatable bonds is 13. The molecule has 0 bridgehead atoms. The molecule has 214 valence electrons. The molecule has 1 atom stereocenters. The average Bonchev–Trinajstić information content (AvgIpc) is 3.35. The van der Waals surface area contributed by atoms with Gasteiger partial charge in [-0.2, -0.15) is 0 Å². The van der Waals surface area contributed by atoms with Crippen molar-refractivity contribution in [1.82, 2.24) is 20.6 Å². The molecule has 0 radical (unpaired) electrons. The van der Waals surface area contributed by atoms with Crippen molar-refractivity contribution in [2.75, 3.05) is 23.7 Å². The van der Waals surface area contributed by atoms with E-state index in [1.54, 1.807) is 30.5 Å². The van der Waals surface area contributed by atoms with Gasteiger partial charge >= 0.3 is 5.97 Å². The first-order chi connectivity index (χ1) is 19.0. The fraction of sp³-hybridized carbons (Fsp3) is 0.423. The fourth-order valence-electron chi connectivity index (χ4n) is 3.59. The molecule has 0 unspecified atom stereocenters. The number of esters is 1. The first kappa shape index (κ1) is 30.5. The Kier molecular flexibility index (Phi) is 10.5. The van der Waals surface area contributed by atoms with Gasteiger partial charge in [-0.05, 0) is 67.2 Å². The van der Waals surface area contributed by atoms with Gasteiger partial charge in [0.1, 0.15) is 5.41 Å². The van der Waals surface area contributed by atoms with Crippen LogP contribution in [-0.2, 0) is 35.1 Å². The highest BCUT2D eigenvalue weighted by Crippen LogP contribution is 2.22. The molecule has 14 heteroatoms. The summed E-state index contributed by atoms with van der Waals surface area (Å²) in [6.45, 7) is 3.10. The summed E-state index contributed by atoms with van der Waals surface area (Å²) in [7, 11) is 0. The third kappa shape index (κ3) is 8.73. The van der Waals surface area contributed by atoms with E-state index in [0.717, 1.165) is 16.6 Å². The maximum atomic E-state index is 12.3. The van der Waals surface area contributed by atoms with Crippen molar-refractivity contribution < 1.29 is 28.7 Å². The van der Waals surface area contributed by atoms with Gasteiger partial charge in [-0.3, -0.25) is 24.0 Å². The SMILES string of the molecule is CC(C)(C(N)=O)C(=O)NCCCCc1nc(Nc2cccc(NC(=O)CNC(=O)[C@H]3CCC(=O)O3)c2)ncc1Br. The molecule has 2 aromatic rings. The molecule has 3 rings (SSSR count). The van der Waals surface area contributed by atoms with Gasteiger partial charge in [-0.15, -0.1) is 0 Å². The number of aromatic nitrogens is 2. The Labute approximate surface area is 239 Å². The molecule has 0 aliphatic carbocycles. The van der Waals surface area contributed by atoms with Gasteiger partial charge in [0.2, 0.25) is 23.7 Å². The Morgan fingerprint density at radius 2 is 1.90 bits per heavy atom. The number of hydrogen-bond acceptors (Lipinski definition) is 9. The van der Waals surface area contributed by atoms with Crippen LogP contribution in [0.25, 0.3) is 0 Å². The summed E-state index contributed by atoms with van der Waals surface area (Å²) < 4.78 is 5.63. The number of carbonyl (C=O) groups excluding carboxylic acids is 5. The molecule has 1 aromatic heterocycles. The highest BCUT2D eigenvalue weighted by atomic mass is 79.9. The second-order valence-electron chi connectivity index (χ2n) is 9.68. The van der Waals surface area contributed by atoms with E-state index >= 15 is 0 Å². The van der Waals surface area contributed by atoms with Gasteiger partial charge in [0.05, 0.1) is 16.7 Å². The minimum Gasteiger partial charge on any atom is -0.452 e. The molecule has 13 nitrogen and oxygen atoms in total. The predicted octanol–water partition coefficient (Wildman–Crippen LogP) is 1.69. The monoisotopic (exact) mass is 617 g/mol. The summed E-state index contributed by atoms with van der Waals surface area (Å²) >= 11 is 3.46. The normalized spacial score (nSPS) is 14.7. The number of nitrogens with two attached hydrogens (primary N) is 1. The third-order valence-electron chi connectivity index (χ3n) is 6.13. The van der Waals surface area contributed by atoms with E-state index in [0.29, 0.717) is 43.1 Å². The number of nitrogens with one attached hydrogen (secondary N) is 4. The summed E-state index contributed by atoms with van der Waals surface area (Å²) in [4.78, 5) is 67.8. The van der Waals surface area contributed by atoms with Crippen LogP contribution in [0.5, 0.6) is 0 Å². The number of ether oxygens (including phenoxy) is 1. The molecule has 2 heterocycles. The lowest BCUT2D eigenvalue weighted by Crippen LogP contribution is -2.45. The summed E-state index contributed by atoms with van der Waals surface area (Å²) in [6.07, 6.45) is 3.29. The molecule has 1 aliphatic heterocycles. The van der Waals surface area contributed by atoms with Crippen LogP contribution in [0.15, 0.2) is 34.9 Å². The molecule has 6 N–H and O–H groups in total. The van der Waals surface area contributed by atoms with E-state index in [-0.39, 0.29) is 13.0 Å². The second kappa shape index (κ2) is 13.8. The fourth-order valence-corrected chi connectivity index (χ4v) is 3.98. The number of primary amides is 1. The number of nitrogens with zero attached hydrogens (tertiary/aromatic N) is 2. The van der Waals surface area contributed by atoms with E-state index in [1.165, 1.54) is 13.8 Å². The van der Waals surface area contributed by atoms with Crippen molar-refractivity contribution in [2.45, 2.75) is 52.1 Å². The summed E-state index contributed by atoms with van der Waals surface area (Å²) in [6, 6.07) is 6.91. The zero-order valence-electron chi connectivity index (χ0n) is 22.2. The van der Waals surface area contributed by atoms with Gasteiger partial charge in [0.15, 0.2) is 6.10 Å². The molecule has 40 heavy (non-hydrogen) atoms. The van der Waals surface area contributed by atoms with Crippen LogP contribution in [0.4, 0.5) is 17.3 Å². The molecule has 4 amide bonds. The van der Waals surface area contributed by atoms with Crippen LogP contribution in [-0.4, -0.2) is 58.8 Å². The van der Waals surface area contributed by atoms with Gasteiger partial charge in [-0.25, -0.2) is 9.97 Å². The molecule has 0 saturated carbocycles. The number of amides is 4. The Morgan fingerprint density at radius 1 is 1.15 bits per heavy atom. The third-order valence-corrected chi connectivity index (χ3v) is 6.79. The average molecular weight is 618 g/mol. The summed E-state index contributed by atoms with van der Waals surface area (Å²) in [5.74, 6) is -2.10. The van der Waals surface area contributed by atoms with Gasteiger partial charge in [-0.1, -0.05) is 6.07 Å². The number of carbonyl (C=O) groups is 5. The number of anilines is 3. The first-order valence-corrected chi connectivity index (χ1v) is 13.5. The van der Waals surface area contributed by atoms with Crippen LogP contribution in [0.1, 0.15) is 45.2 Å². The van der Waals surface area contributed by atoms with Crippen molar-refractivity contribution in [3.8, 4) is 0 Å². The number of unbranched alkanes of at least 4 members (excludes halogenated alkanes) is 1. The van der Waals surface area contributed by atoms with Crippen molar-refractivity contribution >= 4 is 62.9 Å². The standard InChI is InChI=1S/C26H32BrN7O6/c1-26(2,23(28)38)24(39)29-11-4-3-8-18-17(27)13-31-25(34-18)33-16-7-5-6-15(12-16)32-20(35)14-30-22(37)19-9-10-21(36)40-19/h5-7,12-13,19H,3-4,8-11,14H2,1-2H3,(H2,28,38)(H,29,39)(H,30,37)(H,32,35)(H,31,33,34)/t19-/m1/s1. The molecule has 1 saturated heterocycles. The van der Waals surface area contributed by atoms with Gasteiger partial charge in [0.25, 0.3) is 5.91 Å². The van der Waals surface area contributed by atoms with Gasteiger partial charge < -0.3 is 31.7 Å². The molecular weight excluding hydrogens is 586 g/mol. The summed E-state index contributed by atoms with van der Waals surface area (Å²) in [5, 5.41) is 11.0. The lowest BCUT2D eigenvalue weighted by atomic mass is 9.91. The Hall–Kier alpha value is -4.07. The van der Waals surface area contributed by atoms with Crippen molar-refractivity contribution in [3.63, 3.8) is 0 Å². The molecule has 1 aliphatic rings. The molecular formula is C26H32BrN7O6. The van der Waals surface area contributed by atoms with Gasteiger partial charge in [0, 0.05) is 37.0 Å². The van der Waals surface area contributed by atoms with E-state index < -0.39 is 41.1 Å². The molecule has 1 aromatic carbocycles. The quantitative estimate of drug-likeness (QED) is 0.126. The molecule has 1 fully saturated rings. The number of aryl methyl sites for hydroxylation is 1. The van der Waals surface area contributed by atoms with E-state index in [4.69, 9.17) is 10.5 Å². The lowest BCUT2D eigenvalue weighted by molar-refractivity contribution is -0.148. The highest BCUT2D eigenvalue weighted by Gasteiger charge is 2.33. The van der Waals surface area contributed by atoms with Crippen LogP contribution in [0, 0.1) is 5.41 Å². The Morgan fingerprint density at radius 3 is 2.60 bits per heavy atom. The Bertz CT molecular complexity index is 1290. The highest BCUT2D eigenvalue weighted by molar-refractivity contribution is 9.10. The topological polar surface area (TPSA) is 194 Å². The first-order valence-electron chi connectivity index (χ1n) is 12.7. The largest absolute Gasteiger partial charge is 0.452 e. The van der Waals surface area contributed by atoms with Crippen LogP contribution in [0.2, 0.25) is 0 Å². The van der Waals surface area contributed by atoms with Crippen LogP contribution >= 0.6 is 15.9 Å². The minimum absolute atomic E-state index is 0.186. The smallest absolute Gasteiger partial charge is 0.306 e. The second-order valence-corrected chi connectivity index (χ2v) is 10.5. The van der Waals surface area contributed by atoms with Crippen LogP contribution < -0.4 is 27.0 Å². The van der Waals surface area contributed by atoms with E-state index in [9.17, 15) is 24.0 Å². The Balaban J connectivity index is 1.47. The number of cyclic esters (lactones) is 1. The minimum atomic E-state index is -1.26. The predicted molar refractivity (Wildman–Crippen MR) is 149 cm³/mol. The number of benzene rings is 1. The van der Waals surface area contributed by atoms with Crippen molar-refractivity contribution in [2.24, 2.45) is 11.1 Å².